The minimum Gasteiger partial charge on any atom is -0.481 e. The first-order chi connectivity index (χ1) is 7.44. The Morgan fingerprint density at radius 3 is 2.50 bits per heavy atom. The predicted molar refractivity (Wildman–Crippen MR) is 64.1 cm³/mol. The van der Waals surface area contributed by atoms with Gasteiger partial charge in [0.15, 0.2) is 0 Å². The van der Waals surface area contributed by atoms with Crippen LogP contribution < -0.4 is 0 Å². The van der Waals surface area contributed by atoms with Gasteiger partial charge in [-0.25, -0.2) is 0 Å². The standard InChI is InChI=1S/C13H15ClO2/c1-8-5-9(2)12(10(14)6-8)13(3-4-13)7-11(15)16/h5-6H,3-4,7H2,1-2H3,(H,15,16). The summed E-state index contributed by atoms with van der Waals surface area (Å²) in [5.41, 5.74) is 3.09. The minimum atomic E-state index is -0.742. The van der Waals surface area contributed by atoms with Crippen molar-refractivity contribution in [1.29, 1.82) is 0 Å². The molecule has 0 spiro atoms. The summed E-state index contributed by atoms with van der Waals surface area (Å²) in [6.45, 7) is 4.01. The molecule has 86 valence electrons. The van der Waals surface area contributed by atoms with Crippen LogP contribution in [0.5, 0.6) is 0 Å². The van der Waals surface area contributed by atoms with Crippen LogP contribution >= 0.6 is 11.6 Å². The summed E-state index contributed by atoms with van der Waals surface area (Å²) in [5.74, 6) is -0.742. The molecule has 1 fully saturated rings. The van der Waals surface area contributed by atoms with Gasteiger partial charge in [0.25, 0.3) is 0 Å². The Labute approximate surface area is 100 Å². The number of hydrogen-bond acceptors (Lipinski definition) is 1. The quantitative estimate of drug-likeness (QED) is 0.876. The van der Waals surface area contributed by atoms with Gasteiger partial charge in [0.1, 0.15) is 0 Å². The first-order valence-electron chi connectivity index (χ1n) is 5.44. The smallest absolute Gasteiger partial charge is 0.304 e. The third-order valence-electron chi connectivity index (χ3n) is 3.31. The third kappa shape index (κ3) is 1.94. The fraction of sp³-hybridized carbons (Fsp3) is 0.462. The second-order valence-corrected chi connectivity index (χ2v) is 5.20. The summed E-state index contributed by atoms with van der Waals surface area (Å²) in [5, 5.41) is 9.66. The molecule has 1 saturated carbocycles. The summed E-state index contributed by atoms with van der Waals surface area (Å²) in [6.07, 6.45) is 2.06. The van der Waals surface area contributed by atoms with Crippen molar-refractivity contribution < 1.29 is 9.90 Å². The number of carboxylic acid groups (broad SMARTS) is 1. The van der Waals surface area contributed by atoms with E-state index in [-0.39, 0.29) is 11.8 Å². The monoisotopic (exact) mass is 238 g/mol. The molecule has 1 aromatic rings. The van der Waals surface area contributed by atoms with E-state index in [2.05, 4.69) is 6.07 Å². The zero-order valence-electron chi connectivity index (χ0n) is 9.51. The molecule has 0 atom stereocenters. The van der Waals surface area contributed by atoms with E-state index in [1.54, 1.807) is 0 Å². The van der Waals surface area contributed by atoms with Crippen molar-refractivity contribution in [2.45, 2.75) is 38.5 Å². The van der Waals surface area contributed by atoms with Gasteiger partial charge in [-0.3, -0.25) is 4.79 Å². The zero-order valence-corrected chi connectivity index (χ0v) is 10.3. The Morgan fingerprint density at radius 1 is 1.44 bits per heavy atom. The van der Waals surface area contributed by atoms with Crippen molar-refractivity contribution in [3.05, 3.63) is 33.8 Å². The van der Waals surface area contributed by atoms with Gasteiger partial charge in [-0.05, 0) is 49.4 Å². The molecule has 0 radical (unpaired) electrons. The summed E-state index contributed by atoms with van der Waals surface area (Å²) >= 11 is 6.25. The molecule has 0 heterocycles. The van der Waals surface area contributed by atoms with Crippen LogP contribution in [0.2, 0.25) is 5.02 Å². The fourth-order valence-electron chi connectivity index (χ4n) is 2.54. The van der Waals surface area contributed by atoms with Crippen LogP contribution in [0.25, 0.3) is 0 Å². The van der Waals surface area contributed by atoms with Crippen molar-refractivity contribution in [2.24, 2.45) is 0 Å². The van der Waals surface area contributed by atoms with Crippen LogP contribution in [0.15, 0.2) is 12.1 Å². The lowest BCUT2D eigenvalue weighted by Gasteiger charge is -2.18. The van der Waals surface area contributed by atoms with Gasteiger partial charge < -0.3 is 5.11 Å². The van der Waals surface area contributed by atoms with Gasteiger partial charge in [-0.1, -0.05) is 17.7 Å². The van der Waals surface area contributed by atoms with E-state index in [4.69, 9.17) is 16.7 Å². The van der Waals surface area contributed by atoms with Crippen LogP contribution in [0.4, 0.5) is 0 Å². The van der Waals surface area contributed by atoms with Gasteiger partial charge in [0.2, 0.25) is 0 Å². The summed E-state index contributed by atoms with van der Waals surface area (Å²) in [7, 11) is 0. The molecular weight excluding hydrogens is 224 g/mol. The van der Waals surface area contributed by atoms with E-state index in [1.807, 2.05) is 19.9 Å². The zero-order chi connectivity index (χ0) is 11.9. The highest BCUT2D eigenvalue weighted by atomic mass is 35.5. The molecule has 3 heteroatoms. The molecule has 0 aromatic heterocycles. The van der Waals surface area contributed by atoms with Crippen LogP contribution in [0.3, 0.4) is 0 Å². The van der Waals surface area contributed by atoms with E-state index < -0.39 is 5.97 Å². The molecule has 1 N–H and O–H groups in total. The Kier molecular flexibility index (Phi) is 2.70. The van der Waals surface area contributed by atoms with Crippen molar-refractivity contribution in [1.82, 2.24) is 0 Å². The topological polar surface area (TPSA) is 37.3 Å². The maximum absolute atomic E-state index is 10.9. The molecule has 2 nitrogen and oxygen atoms in total. The molecule has 0 bridgehead atoms. The number of aryl methyl sites for hydroxylation is 2. The van der Waals surface area contributed by atoms with Crippen LogP contribution in [0.1, 0.15) is 36.0 Å². The van der Waals surface area contributed by atoms with E-state index in [9.17, 15) is 4.79 Å². The molecule has 0 amide bonds. The third-order valence-corrected chi connectivity index (χ3v) is 3.60. The number of benzene rings is 1. The number of carboxylic acids is 1. The highest BCUT2D eigenvalue weighted by Gasteiger charge is 2.47. The maximum atomic E-state index is 10.9. The SMILES string of the molecule is Cc1cc(C)c(C2(CC(=O)O)CC2)c(Cl)c1. The summed E-state index contributed by atoms with van der Waals surface area (Å²) in [4.78, 5) is 10.9. The van der Waals surface area contributed by atoms with Crippen LogP contribution in [-0.4, -0.2) is 11.1 Å². The van der Waals surface area contributed by atoms with Crippen molar-refractivity contribution in [2.75, 3.05) is 0 Å². The van der Waals surface area contributed by atoms with Crippen molar-refractivity contribution in [3.8, 4) is 0 Å². The molecule has 0 aliphatic heterocycles. The van der Waals surface area contributed by atoms with Gasteiger partial charge in [0.05, 0.1) is 6.42 Å². The average Bonchev–Trinajstić information content (AvgIpc) is 2.81. The minimum absolute atomic E-state index is 0.191. The number of halogens is 1. The fourth-order valence-corrected chi connectivity index (χ4v) is 3.06. The Morgan fingerprint density at radius 2 is 2.06 bits per heavy atom. The van der Waals surface area contributed by atoms with Crippen molar-refractivity contribution >= 4 is 17.6 Å². The molecule has 1 aliphatic carbocycles. The van der Waals surface area contributed by atoms with Gasteiger partial charge in [0, 0.05) is 10.4 Å². The number of hydrogen-bond donors (Lipinski definition) is 1. The van der Waals surface area contributed by atoms with E-state index in [1.165, 1.54) is 0 Å². The molecule has 16 heavy (non-hydrogen) atoms. The summed E-state index contributed by atoms with van der Waals surface area (Å²) in [6, 6.07) is 3.99. The molecular formula is C13H15ClO2. The Balaban J connectivity index is 2.44. The van der Waals surface area contributed by atoms with Gasteiger partial charge >= 0.3 is 5.97 Å². The predicted octanol–water partition coefficient (Wildman–Crippen LogP) is 3.46. The normalized spacial score (nSPS) is 17.2. The lowest BCUT2D eigenvalue weighted by molar-refractivity contribution is -0.137. The van der Waals surface area contributed by atoms with E-state index >= 15 is 0 Å². The maximum Gasteiger partial charge on any atom is 0.304 e. The highest BCUT2D eigenvalue weighted by molar-refractivity contribution is 6.31. The van der Waals surface area contributed by atoms with Crippen LogP contribution in [-0.2, 0) is 10.2 Å². The van der Waals surface area contributed by atoms with E-state index in [0.717, 1.165) is 34.6 Å². The lowest BCUT2D eigenvalue weighted by atomic mass is 9.88. The van der Waals surface area contributed by atoms with E-state index in [0.29, 0.717) is 0 Å². The number of aliphatic carboxylic acids is 1. The largest absolute Gasteiger partial charge is 0.481 e. The molecule has 0 saturated heterocycles. The highest BCUT2D eigenvalue weighted by Crippen LogP contribution is 2.54. The second-order valence-electron chi connectivity index (χ2n) is 4.79. The lowest BCUT2D eigenvalue weighted by Crippen LogP contribution is -2.15. The van der Waals surface area contributed by atoms with Gasteiger partial charge in [-0.15, -0.1) is 0 Å². The molecule has 1 aliphatic rings. The Hall–Kier alpha value is -1.02. The average molecular weight is 239 g/mol. The summed E-state index contributed by atoms with van der Waals surface area (Å²) < 4.78 is 0. The first kappa shape index (κ1) is 11.5. The number of carbonyl (C=O) groups is 1. The molecule has 1 aromatic carbocycles. The van der Waals surface area contributed by atoms with Gasteiger partial charge in [-0.2, -0.15) is 0 Å². The first-order valence-corrected chi connectivity index (χ1v) is 5.81. The molecule has 2 rings (SSSR count). The van der Waals surface area contributed by atoms with Crippen LogP contribution in [0, 0.1) is 13.8 Å². The number of rotatable bonds is 3. The van der Waals surface area contributed by atoms with Crippen molar-refractivity contribution in [3.63, 3.8) is 0 Å². The second kappa shape index (κ2) is 3.77. The molecule has 0 unspecified atom stereocenters. The Bertz CT molecular complexity index is 424.